The van der Waals surface area contributed by atoms with Gasteiger partial charge in [-0.1, -0.05) is 44.5 Å². The number of benzene rings is 1. The quantitative estimate of drug-likeness (QED) is 0.399. The Labute approximate surface area is 147 Å². The summed E-state index contributed by atoms with van der Waals surface area (Å²) in [4.78, 5) is 0.273. The van der Waals surface area contributed by atoms with E-state index in [1.165, 1.54) is 11.6 Å². The molecule has 0 aliphatic heterocycles. The van der Waals surface area contributed by atoms with Crippen molar-refractivity contribution < 1.29 is 12.9 Å². The van der Waals surface area contributed by atoms with Gasteiger partial charge in [-0.2, -0.15) is 0 Å². The van der Waals surface area contributed by atoms with Gasteiger partial charge in [-0.05, 0) is 37.2 Å². The minimum Gasteiger partial charge on any atom is -0.320 e. The van der Waals surface area contributed by atoms with Crippen molar-refractivity contribution in [3.63, 3.8) is 0 Å². The average molecular weight is 368 g/mol. The first-order valence-electron chi connectivity index (χ1n) is 7.96. The lowest BCUT2D eigenvalue weighted by Gasteiger charge is -2.39. The summed E-state index contributed by atoms with van der Waals surface area (Å²) in [6, 6.07) is 6.80. The molecule has 0 spiro atoms. The second-order valence-corrected chi connectivity index (χ2v) is 13.9. The molecule has 1 aromatic rings. The monoisotopic (exact) mass is 367 g/mol. The van der Waals surface area contributed by atoms with E-state index in [4.69, 9.17) is 4.53 Å². The topological polar surface area (TPSA) is 46.6 Å². The van der Waals surface area contributed by atoms with E-state index in [1.807, 2.05) is 6.92 Å². The summed E-state index contributed by atoms with van der Waals surface area (Å²) >= 11 is 0. The van der Waals surface area contributed by atoms with E-state index >= 15 is 0 Å². The van der Waals surface area contributed by atoms with Crippen LogP contribution in [0.15, 0.2) is 53.4 Å². The Morgan fingerprint density at radius 2 is 1.75 bits per heavy atom. The SMILES string of the molecule is C=CCN(/C=C/S(=O)(=O)c1ccc(C)cc1)O[Si](C)(C)C(C)(C)C. The number of nitrogens with zero attached hydrogens (tertiary/aromatic N) is 1. The van der Waals surface area contributed by atoms with Crippen molar-refractivity contribution in [1.82, 2.24) is 5.06 Å². The predicted octanol–water partition coefficient (Wildman–Crippen LogP) is 4.66. The molecular weight excluding hydrogens is 338 g/mol. The van der Waals surface area contributed by atoms with Crippen molar-refractivity contribution in [1.29, 1.82) is 0 Å². The van der Waals surface area contributed by atoms with Crippen LogP contribution in [0.5, 0.6) is 0 Å². The summed E-state index contributed by atoms with van der Waals surface area (Å²) in [5, 5.41) is 2.78. The second-order valence-electron chi connectivity index (χ2n) is 7.38. The van der Waals surface area contributed by atoms with E-state index in [9.17, 15) is 8.42 Å². The van der Waals surface area contributed by atoms with Crippen LogP contribution in [0.3, 0.4) is 0 Å². The van der Waals surface area contributed by atoms with Gasteiger partial charge in [-0.3, -0.25) is 5.06 Å². The molecule has 0 amide bonds. The van der Waals surface area contributed by atoms with Crippen LogP contribution in [0.2, 0.25) is 18.1 Å². The molecule has 0 saturated heterocycles. The summed E-state index contributed by atoms with van der Waals surface area (Å²) in [7, 11) is -5.56. The van der Waals surface area contributed by atoms with Gasteiger partial charge >= 0.3 is 0 Å². The number of hydrogen-bond acceptors (Lipinski definition) is 4. The van der Waals surface area contributed by atoms with Crippen molar-refractivity contribution >= 4 is 18.2 Å². The first kappa shape index (κ1) is 20.7. The van der Waals surface area contributed by atoms with E-state index in [0.29, 0.717) is 6.54 Å². The largest absolute Gasteiger partial charge is 0.320 e. The van der Waals surface area contributed by atoms with Crippen LogP contribution in [-0.2, 0) is 14.4 Å². The van der Waals surface area contributed by atoms with E-state index < -0.39 is 18.2 Å². The van der Waals surface area contributed by atoms with Crippen LogP contribution in [-0.4, -0.2) is 28.3 Å². The molecule has 0 atom stereocenters. The summed E-state index contributed by atoms with van der Waals surface area (Å²) in [5.41, 5.74) is 1.02. The normalized spacial score (nSPS) is 13.2. The fourth-order valence-electron chi connectivity index (χ4n) is 1.64. The van der Waals surface area contributed by atoms with Gasteiger partial charge in [0.05, 0.1) is 16.8 Å². The van der Waals surface area contributed by atoms with Gasteiger partial charge in [0.25, 0.3) is 0 Å². The molecule has 0 heterocycles. The standard InChI is InChI=1S/C18H29NO3SSi/c1-8-13-19(22-24(6,7)18(3,4)5)14-15-23(20,21)17-11-9-16(2)10-12-17/h8-12,14-15H,1,13H2,2-7H3/b15-14+. The van der Waals surface area contributed by atoms with Crippen molar-refractivity contribution in [3.05, 3.63) is 54.1 Å². The van der Waals surface area contributed by atoms with Gasteiger partial charge in [0.1, 0.15) is 0 Å². The molecule has 0 aromatic heterocycles. The molecule has 1 aromatic carbocycles. The lowest BCUT2D eigenvalue weighted by atomic mass is 10.2. The number of aryl methyl sites for hydroxylation is 1. The van der Waals surface area contributed by atoms with Crippen LogP contribution in [0.4, 0.5) is 0 Å². The maximum atomic E-state index is 12.4. The zero-order valence-electron chi connectivity index (χ0n) is 15.5. The first-order valence-corrected chi connectivity index (χ1v) is 12.4. The third-order valence-corrected chi connectivity index (χ3v) is 9.93. The van der Waals surface area contributed by atoms with Crippen molar-refractivity contribution in [2.45, 2.75) is 50.7 Å². The third-order valence-electron chi connectivity index (χ3n) is 4.22. The highest BCUT2D eigenvalue weighted by Crippen LogP contribution is 2.37. The molecule has 6 heteroatoms. The molecule has 0 unspecified atom stereocenters. The van der Waals surface area contributed by atoms with Crippen LogP contribution < -0.4 is 0 Å². The minimum atomic E-state index is -3.50. The lowest BCUT2D eigenvalue weighted by molar-refractivity contribution is -0.0120. The third kappa shape index (κ3) is 5.61. The molecule has 0 saturated carbocycles. The van der Waals surface area contributed by atoms with Crippen LogP contribution >= 0.6 is 0 Å². The van der Waals surface area contributed by atoms with Crippen molar-refractivity contribution in [2.75, 3.05) is 6.54 Å². The Balaban J connectivity index is 3.01. The average Bonchev–Trinajstić information content (AvgIpc) is 2.44. The predicted molar refractivity (Wildman–Crippen MR) is 103 cm³/mol. The highest BCUT2D eigenvalue weighted by molar-refractivity contribution is 7.94. The minimum absolute atomic E-state index is 0.0239. The Morgan fingerprint density at radius 1 is 1.21 bits per heavy atom. The molecule has 0 aliphatic carbocycles. The molecule has 134 valence electrons. The van der Waals surface area contributed by atoms with Gasteiger partial charge in [0, 0.05) is 6.20 Å². The summed E-state index contributed by atoms with van der Waals surface area (Å²) in [5.74, 6) is 0. The summed E-state index contributed by atoms with van der Waals surface area (Å²) in [6.45, 7) is 16.7. The van der Waals surface area contributed by atoms with Crippen LogP contribution in [0.1, 0.15) is 26.3 Å². The molecule has 4 nitrogen and oxygen atoms in total. The highest BCUT2D eigenvalue weighted by atomic mass is 32.2. The molecule has 0 N–H and O–H groups in total. The molecule has 1 rings (SSSR count). The number of hydroxylamine groups is 2. The van der Waals surface area contributed by atoms with Crippen LogP contribution in [0, 0.1) is 6.92 Å². The van der Waals surface area contributed by atoms with Gasteiger partial charge < -0.3 is 4.53 Å². The molecule has 0 fully saturated rings. The van der Waals surface area contributed by atoms with Gasteiger partial charge in [0.2, 0.25) is 18.2 Å². The van der Waals surface area contributed by atoms with Gasteiger partial charge in [-0.15, -0.1) is 6.58 Å². The molecule has 0 bridgehead atoms. The Bertz CT molecular complexity index is 686. The lowest BCUT2D eigenvalue weighted by Crippen LogP contribution is -2.45. The summed E-state index contributed by atoms with van der Waals surface area (Å²) < 4.78 is 31.0. The Kier molecular flexibility index (Phi) is 6.61. The van der Waals surface area contributed by atoms with Gasteiger partial charge in [0.15, 0.2) is 0 Å². The Morgan fingerprint density at radius 3 is 2.21 bits per heavy atom. The van der Waals surface area contributed by atoms with Gasteiger partial charge in [-0.25, -0.2) is 8.42 Å². The molecule has 24 heavy (non-hydrogen) atoms. The fraction of sp³-hybridized carbons (Fsp3) is 0.444. The number of hydrogen-bond donors (Lipinski definition) is 0. The highest BCUT2D eigenvalue weighted by Gasteiger charge is 2.39. The molecular formula is C18H29NO3SSi. The maximum absolute atomic E-state index is 12.4. The zero-order valence-corrected chi connectivity index (χ0v) is 17.4. The van der Waals surface area contributed by atoms with Crippen LogP contribution in [0.25, 0.3) is 0 Å². The molecule has 0 radical (unpaired) electrons. The second kappa shape index (κ2) is 7.67. The van der Waals surface area contributed by atoms with E-state index in [1.54, 1.807) is 35.4 Å². The van der Waals surface area contributed by atoms with E-state index in [-0.39, 0.29) is 9.93 Å². The Hall–Kier alpha value is -1.37. The summed E-state index contributed by atoms with van der Waals surface area (Å²) in [6.07, 6.45) is 3.17. The smallest absolute Gasteiger partial charge is 0.228 e. The first-order chi connectivity index (χ1) is 10.9. The van der Waals surface area contributed by atoms with Crippen molar-refractivity contribution in [3.8, 4) is 0 Å². The van der Waals surface area contributed by atoms with E-state index in [0.717, 1.165) is 5.56 Å². The number of rotatable bonds is 7. The zero-order chi connectivity index (χ0) is 18.6. The fourth-order valence-corrected chi connectivity index (χ4v) is 3.60. The maximum Gasteiger partial charge on any atom is 0.228 e. The number of sulfone groups is 1. The van der Waals surface area contributed by atoms with E-state index in [2.05, 4.69) is 40.4 Å². The van der Waals surface area contributed by atoms with Crippen molar-refractivity contribution in [2.24, 2.45) is 0 Å². The molecule has 0 aliphatic rings.